The van der Waals surface area contributed by atoms with Gasteiger partial charge in [-0.1, -0.05) is 42.5 Å². The second-order valence-electron chi connectivity index (χ2n) is 6.46. The van der Waals surface area contributed by atoms with E-state index in [-0.39, 0.29) is 12.1 Å². The van der Waals surface area contributed by atoms with Gasteiger partial charge in [0.1, 0.15) is 5.69 Å². The minimum absolute atomic E-state index is 0.199. The number of amides is 1. The number of hydrogen-bond acceptors (Lipinski definition) is 5. The molecular formula is C21H21N3O3S. The Morgan fingerprint density at radius 3 is 2.43 bits per heavy atom. The van der Waals surface area contributed by atoms with E-state index in [1.807, 2.05) is 62.4 Å². The molecule has 0 fully saturated rings. The van der Waals surface area contributed by atoms with Crippen molar-refractivity contribution in [1.29, 1.82) is 0 Å². The highest BCUT2D eigenvalue weighted by atomic mass is 32.1. The summed E-state index contributed by atoms with van der Waals surface area (Å²) in [7, 11) is 0. The Balaban J connectivity index is 1.75. The van der Waals surface area contributed by atoms with Crippen LogP contribution in [-0.4, -0.2) is 22.0 Å². The number of hydrogen-bond donors (Lipinski definition) is 3. The van der Waals surface area contributed by atoms with Crippen molar-refractivity contribution in [2.45, 2.75) is 26.3 Å². The highest BCUT2D eigenvalue weighted by Crippen LogP contribution is 2.25. The van der Waals surface area contributed by atoms with Crippen molar-refractivity contribution in [2.75, 3.05) is 5.32 Å². The molecule has 0 aliphatic rings. The average molecular weight is 395 g/mol. The molecule has 0 radical (unpaired) electrons. The first kappa shape index (κ1) is 19.6. The third-order valence-corrected chi connectivity index (χ3v) is 5.13. The summed E-state index contributed by atoms with van der Waals surface area (Å²) in [6.45, 7) is 3.88. The van der Waals surface area contributed by atoms with E-state index in [0.717, 1.165) is 22.4 Å². The Bertz CT molecular complexity index is 1000. The molecule has 0 aliphatic heterocycles. The Labute approximate surface area is 167 Å². The second-order valence-corrected chi connectivity index (χ2v) is 7.32. The zero-order valence-electron chi connectivity index (χ0n) is 15.6. The van der Waals surface area contributed by atoms with Crippen LogP contribution in [-0.2, 0) is 4.79 Å². The molecule has 28 heavy (non-hydrogen) atoms. The first-order valence-electron chi connectivity index (χ1n) is 8.80. The number of carboxylic acid groups (broad SMARTS) is 1. The maximum atomic E-state index is 12.7. The summed E-state index contributed by atoms with van der Waals surface area (Å²) in [5.41, 5.74) is 3.96. The summed E-state index contributed by atoms with van der Waals surface area (Å²) in [6.07, 6.45) is -0.199. The molecule has 6 nitrogen and oxygen atoms in total. The lowest BCUT2D eigenvalue weighted by molar-refractivity contribution is -0.137. The number of aliphatic carboxylic acids is 1. The van der Waals surface area contributed by atoms with Crippen LogP contribution >= 0.6 is 11.3 Å². The molecule has 0 bridgehead atoms. The quantitative estimate of drug-likeness (QED) is 0.550. The van der Waals surface area contributed by atoms with Crippen molar-refractivity contribution in [3.63, 3.8) is 0 Å². The van der Waals surface area contributed by atoms with Gasteiger partial charge in [-0.15, -0.1) is 11.3 Å². The largest absolute Gasteiger partial charge is 0.481 e. The normalized spacial score (nSPS) is 11.6. The number of para-hydroxylation sites is 1. The molecule has 0 saturated carbocycles. The van der Waals surface area contributed by atoms with Crippen LogP contribution in [0, 0.1) is 13.8 Å². The highest BCUT2D eigenvalue weighted by molar-refractivity contribution is 7.14. The fourth-order valence-corrected chi connectivity index (χ4v) is 3.59. The fraction of sp³-hybridized carbons (Fsp3) is 0.190. The lowest BCUT2D eigenvalue weighted by Gasteiger charge is -2.18. The number of aromatic nitrogens is 1. The average Bonchev–Trinajstić information content (AvgIpc) is 3.12. The van der Waals surface area contributed by atoms with E-state index in [1.54, 1.807) is 5.38 Å². The zero-order chi connectivity index (χ0) is 20.1. The Kier molecular flexibility index (Phi) is 6.06. The standard InChI is InChI=1S/C21H21N3O3S/c1-13-7-3-5-9-15(13)17(11-19(25)26)22-20(27)18-12-28-21(24-18)23-16-10-6-4-8-14(16)2/h3-10,12,17H,11H2,1-2H3,(H,22,27)(H,23,24)(H,25,26)/t17-/m0/s1. The van der Waals surface area contributed by atoms with Gasteiger partial charge in [-0.3, -0.25) is 9.59 Å². The highest BCUT2D eigenvalue weighted by Gasteiger charge is 2.21. The van der Waals surface area contributed by atoms with Crippen molar-refractivity contribution in [2.24, 2.45) is 0 Å². The zero-order valence-corrected chi connectivity index (χ0v) is 16.4. The van der Waals surface area contributed by atoms with E-state index >= 15 is 0 Å². The Morgan fingerprint density at radius 2 is 1.75 bits per heavy atom. The van der Waals surface area contributed by atoms with E-state index in [1.165, 1.54) is 11.3 Å². The topological polar surface area (TPSA) is 91.3 Å². The summed E-state index contributed by atoms with van der Waals surface area (Å²) >= 11 is 1.32. The molecule has 3 N–H and O–H groups in total. The van der Waals surface area contributed by atoms with E-state index in [4.69, 9.17) is 0 Å². The van der Waals surface area contributed by atoms with E-state index in [9.17, 15) is 14.7 Å². The molecule has 0 unspecified atom stereocenters. The molecule has 1 heterocycles. The number of carbonyl (C=O) groups is 2. The second kappa shape index (κ2) is 8.67. The van der Waals surface area contributed by atoms with Gasteiger partial charge < -0.3 is 15.7 Å². The maximum Gasteiger partial charge on any atom is 0.305 e. The fourth-order valence-electron chi connectivity index (χ4n) is 2.89. The van der Waals surface area contributed by atoms with Crippen LogP contribution < -0.4 is 10.6 Å². The van der Waals surface area contributed by atoms with Gasteiger partial charge in [0.2, 0.25) is 0 Å². The van der Waals surface area contributed by atoms with Gasteiger partial charge in [0.15, 0.2) is 5.13 Å². The molecule has 144 valence electrons. The predicted molar refractivity (Wildman–Crippen MR) is 110 cm³/mol. The van der Waals surface area contributed by atoms with E-state index < -0.39 is 17.9 Å². The molecule has 3 aromatic rings. The summed E-state index contributed by atoms with van der Waals surface area (Å²) in [5, 5.41) is 17.5. The van der Waals surface area contributed by atoms with Crippen molar-refractivity contribution >= 4 is 34.0 Å². The number of anilines is 2. The van der Waals surface area contributed by atoms with E-state index in [2.05, 4.69) is 15.6 Å². The van der Waals surface area contributed by atoms with Gasteiger partial charge in [0, 0.05) is 11.1 Å². The Hall–Kier alpha value is -3.19. The molecule has 1 amide bonds. The minimum Gasteiger partial charge on any atom is -0.481 e. The monoisotopic (exact) mass is 395 g/mol. The number of benzene rings is 2. The summed E-state index contributed by atoms with van der Waals surface area (Å²) in [6, 6.07) is 14.6. The van der Waals surface area contributed by atoms with Gasteiger partial charge in [0.05, 0.1) is 12.5 Å². The van der Waals surface area contributed by atoms with Crippen LogP contribution in [0.25, 0.3) is 0 Å². The minimum atomic E-state index is -0.978. The summed E-state index contributed by atoms with van der Waals surface area (Å²) in [5.74, 6) is -1.38. The number of carbonyl (C=O) groups excluding carboxylic acids is 1. The number of carboxylic acids is 1. The van der Waals surface area contributed by atoms with Crippen molar-refractivity contribution in [3.8, 4) is 0 Å². The lowest BCUT2D eigenvalue weighted by atomic mass is 9.98. The van der Waals surface area contributed by atoms with Crippen molar-refractivity contribution < 1.29 is 14.7 Å². The van der Waals surface area contributed by atoms with Gasteiger partial charge in [-0.2, -0.15) is 0 Å². The van der Waals surface area contributed by atoms with Crippen LogP contribution in [0.2, 0.25) is 0 Å². The van der Waals surface area contributed by atoms with Gasteiger partial charge >= 0.3 is 5.97 Å². The first-order chi connectivity index (χ1) is 13.4. The van der Waals surface area contributed by atoms with Crippen molar-refractivity contribution in [1.82, 2.24) is 10.3 Å². The number of rotatable bonds is 7. The number of nitrogens with zero attached hydrogens (tertiary/aromatic N) is 1. The number of nitrogens with one attached hydrogen (secondary N) is 2. The van der Waals surface area contributed by atoms with Crippen LogP contribution in [0.3, 0.4) is 0 Å². The molecule has 1 aromatic heterocycles. The molecule has 2 aromatic carbocycles. The van der Waals surface area contributed by atoms with Crippen LogP contribution in [0.15, 0.2) is 53.9 Å². The molecule has 0 saturated heterocycles. The molecule has 0 aliphatic carbocycles. The number of aryl methyl sites for hydroxylation is 2. The summed E-state index contributed by atoms with van der Waals surface area (Å²) < 4.78 is 0. The van der Waals surface area contributed by atoms with Gasteiger partial charge in [-0.25, -0.2) is 4.98 Å². The third-order valence-electron chi connectivity index (χ3n) is 4.37. The molecule has 3 rings (SSSR count). The van der Waals surface area contributed by atoms with Crippen LogP contribution in [0.5, 0.6) is 0 Å². The smallest absolute Gasteiger partial charge is 0.305 e. The van der Waals surface area contributed by atoms with E-state index in [0.29, 0.717) is 5.13 Å². The third kappa shape index (κ3) is 4.75. The SMILES string of the molecule is Cc1ccccc1Nc1nc(C(=O)N[C@@H](CC(=O)O)c2ccccc2C)cs1. The predicted octanol–water partition coefficient (Wildman–Crippen LogP) is 4.45. The Morgan fingerprint density at radius 1 is 1.07 bits per heavy atom. The molecule has 7 heteroatoms. The first-order valence-corrected chi connectivity index (χ1v) is 9.68. The molecule has 1 atom stereocenters. The molecular weight excluding hydrogens is 374 g/mol. The van der Waals surface area contributed by atoms with Crippen LogP contribution in [0.4, 0.5) is 10.8 Å². The number of thiazole rings is 1. The van der Waals surface area contributed by atoms with Gasteiger partial charge in [0.25, 0.3) is 5.91 Å². The lowest BCUT2D eigenvalue weighted by Crippen LogP contribution is -2.30. The van der Waals surface area contributed by atoms with Crippen LogP contribution in [0.1, 0.15) is 39.6 Å². The van der Waals surface area contributed by atoms with Crippen molar-refractivity contribution in [3.05, 3.63) is 76.3 Å². The maximum absolute atomic E-state index is 12.7. The van der Waals surface area contributed by atoms with Gasteiger partial charge in [-0.05, 0) is 36.6 Å². The molecule has 0 spiro atoms. The summed E-state index contributed by atoms with van der Waals surface area (Å²) in [4.78, 5) is 28.3.